The maximum absolute atomic E-state index is 12.8. The second-order valence-corrected chi connectivity index (χ2v) is 9.19. The van der Waals surface area contributed by atoms with Crippen LogP contribution >= 0.6 is 27.7 Å². The van der Waals surface area contributed by atoms with Gasteiger partial charge in [-0.1, -0.05) is 11.8 Å². The van der Waals surface area contributed by atoms with E-state index < -0.39 is 0 Å². The van der Waals surface area contributed by atoms with Gasteiger partial charge in [-0.05, 0) is 47.3 Å². The lowest BCUT2D eigenvalue weighted by atomic mass is 10.1. The van der Waals surface area contributed by atoms with Gasteiger partial charge in [0.25, 0.3) is 5.56 Å². The quantitative estimate of drug-likeness (QED) is 0.648. The lowest BCUT2D eigenvalue weighted by Crippen LogP contribution is -2.56. The first-order chi connectivity index (χ1) is 13.6. The number of ether oxygens (including phenoxy) is 1. The van der Waals surface area contributed by atoms with Gasteiger partial charge in [-0.3, -0.25) is 14.2 Å². The molecule has 0 radical (unpaired) electrons. The fraction of sp³-hybridized carbons (Fsp3) is 0.474. The smallest absolute Gasteiger partial charge is 0.257 e. The molecule has 1 amide bonds. The van der Waals surface area contributed by atoms with Crippen molar-refractivity contribution in [1.82, 2.24) is 19.4 Å². The number of carbonyl (C=O) groups excluding carboxylic acids is 1. The van der Waals surface area contributed by atoms with Gasteiger partial charge in [0.1, 0.15) is 6.10 Å². The minimum atomic E-state index is -0.108. The van der Waals surface area contributed by atoms with E-state index in [1.807, 2.05) is 12.1 Å². The fourth-order valence-electron chi connectivity index (χ4n) is 3.97. The standard InChI is InChI=1S/C19H19BrN4O3S/c20-14-4-2-6-21-17(14)27-12-8-23(9-12)16(25)7-11-10-28-19-22-15-5-1-3-13(15)18(26)24(11)19/h2,4,6,11-12H,1,3,5,7-10H2. The number of hydrogen-bond donors (Lipinski definition) is 0. The third kappa shape index (κ3) is 3.14. The molecule has 0 aromatic carbocycles. The fourth-order valence-corrected chi connectivity index (χ4v) is 5.47. The average Bonchev–Trinajstić information content (AvgIpc) is 3.27. The minimum absolute atomic E-state index is 0.0481. The van der Waals surface area contributed by atoms with Crippen LogP contribution in [0.1, 0.15) is 30.1 Å². The highest BCUT2D eigenvalue weighted by atomic mass is 79.9. The molecule has 5 rings (SSSR count). The maximum Gasteiger partial charge on any atom is 0.257 e. The van der Waals surface area contributed by atoms with Crippen LogP contribution in [0.25, 0.3) is 0 Å². The van der Waals surface area contributed by atoms with E-state index in [-0.39, 0.29) is 23.6 Å². The highest BCUT2D eigenvalue weighted by molar-refractivity contribution is 9.10. The Labute approximate surface area is 174 Å². The Bertz CT molecular complexity index is 1010. The molecule has 146 valence electrons. The van der Waals surface area contributed by atoms with E-state index in [0.717, 1.165) is 45.9 Å². The molecule has 0 spiro atoms. The molecule has 1 unspecified atom stereocenters. The summed E-state index contributed by atoms with van der Waals surface area (Å²) in [6, 6.07) is 3.60. The van der Waals surface area contributed by atoms with Crippen molar-refractivity contribution in [3.63, 3.8) is 0 Å². The summed E-state index contributed by atoms with van der Waals surface area (Å²) in [5, 5.41) is 0.772. The monoisotopic (exact) mass is 462 g/mol. The molecule has 2 aromatic rings. The number of halogens is 1. The van der Waals surface area contributed by atoms with Crippen LogP contribution < -0.4 is 10.3 Å². The molecule has 0 saturated carbocycles. The van der Waals surface area contributed by atoms with Crippen molar-refractivity contribution in [2.45, 2.75) is 43.0 Å². The van der Waals surface area contributed by atoms with E-state index in [1.165, 1.54) is 0 Å². The first kappa shape index (κ1) is 18.2. The molecule has 28 heavy (non-hydrogen) atoms. The molecule has 0 N–H and O–H groups in total. The number of carbonyl (C=O) groups is 1. The van der Waals surface area contributed by atoms with Crippen LogP contribution in [0.4, 0.5) is 0 Å². The van der Waals surface area contributed by atoms with Gasteiger partial charge in [0.2, 0.25) is 11.8 Å². The van der Waals surface area contributed by atoms with Gasteiger partial charge in [0.15, 0.2) is 5.16 Å². The number of amides is 1. The molecule has 1 atom stereocenters. The van der Waals surface area contributed by atoms with Crippen LogP contribution in [0.5, 0.6) is 5.88 Å². The number of aryl methyl sites for hydroxylation is 1. The largest absolute Gasteiger partial charge is 0.470 e. The second-order valence-electron chi connectivity index (χ2n) is 7.35. The van der Waals surface area contributed by atoms with Crippen molar-refractivity contribution in [3.8, 4) is 5.88 Å². The minimum Gasteiger partial charge on any atom is -0.470 e. The molecule has 4 heterocycles. The van der Waals surface area contributed by atoms with Gasteiger partial charge < -0.3 is 9.64 Å². The van der Waals surface area contributed by atoms with Crippen molar-refractivity contribution in [3.05, 3.63) is 44.4 Å². The van der Waals surface area contributed by atoms with Crippen molar-refractivity contribution in [2.75, 3.05) is 18.8 Å². The lowest BCUT2D eigenvalue weighted by molar-refractivity contribution is -0.140. The molecule has 1 saturated heterocycles. The Morgan fingerprint density at radius 2 is 2.21 bits per heavy atom. The van der Waals surface area contributed by atoms with Crippen molar-refractivity contribution in [2.24, 2.45) is 0 Å². The molecule has 3 aliphatic rings. The van der Waals surface area contributed by atoms with E-state index in [9.17, 15) is 9.59 Å². The Morgan fingerprint density at radius 3 is 3.04 bits per heavy atom. The topological polar surface area (TPSA) is 77.3 Å². The van der Waals surface area contributed by atoms with Gasteiger partial charge in [-0.15, -0.1) is 0 Å². The number of aromatic nitrogens is 3. The summed E-state index contributed by atoms with van der Waals surface area (Å²) in [4.78, 5) is 36.2. The molecule has 2 aliphatic heterocycles. The first-order valence-electron chi connectivity index (χ1n) is 9.42. The summed E-state index contributed by atoms with van der Waals surface area (Å²) in [6.07, 6.45) is 4.66. The van der Waals surface area contributed by atoms with E-state index in [0.29, 0.717) is 25.4 Å². The summed E-state index contributed by atoms with van der Waals surface area (Å²) in [6.45, 7) is 1.10. The highest BCUT2D eigenvalue weighted by Gasteiger charge is 2.36. The van der Waals surface area contributed by atoms with E-state index >= 15 is 0 Å². The summed E-state index contributed by atoms with van der Waals surface area (Å²) in [5.41, 5.74) is 1.87. The van der Waals surface area contributed by atoms with Crippen molar-refractivity contribution < 1.29 is 9.53 Å². The third-order valence-electron chi connectivity index (χ3n) is 5.49. The SMILES string of the molecule is O=C(CC1CSc2nc3c(c(=O)n21)CCC3)N1CC(Oc2ncccc2Br)C1. The molecular weight excluding hydrogens is 444 g/mol. The zero-order valence-electron chi connectivity index (χ0n) is 15.1. The normalized spacial score (nSPS) is 20.6. The van der Waals surface area contributed by atoms with Gasteiger partial charge in [0, 0.05) is 23.9 Å². The number of fused-ring (bicyclic) bond motifs is 2. The van der Waals surface area contributed by atoms with Crippen molar-refractivity contribution >= 4 is 33.6 Å². The second kappa shape index (κ2) is 7.18. The number of pyridine rings is 1. The number of thioether (sulfide) groups is 1. The number of rotatable bonds is 4. The van der Waals surface area contributed by atoms with E-state index in [2.05, 4.69) is 25.9 Å². The molecule has 1 aliphatic carbocycles. The van der Waals surface area contributed by atoms with Gasteiger partial charge in [-0.2, -0.15) is 0 Å². The van der Waals surface area contributed by atoms with Crippen LogP contribution in [-0.2, 0) is 17.6 Å². The van der Waals surface area contributed by atoms with Gasteiger partial charge >= 0.3 is 0 Å². The molecule has 2 aromatic heterocycles. The Morgan fingerprint density at radius 1 is 1.36 bits per heavy atom. The summed E-state index contributed by atoms with van der Waals surface area (Å²) < 4.78 is 8.40. The predicted molar refractivity (Wildman–Crippen MR) is 108 cm³/mol. The average molecular weight is 463 g/mol. The van der Waals surface area contributed by atoms with Crippen LogP contribution in [0.15, 0.2) is 32.8 Å². The van der Waals surface area contributed by atoms with E-state index in [1.54, 1.807) is 27.4 Å². The molecule has 0 bridgehead atoms. The Hall–Kier alpha value is -1.87. The molecule has 7 nitrogen and oxygen atoms in total. The number of likely N-dealkylation sites (tertiary alicyclic amines) is 1. The summed E-state index contributed by atoms with van der Waals surface area (Å²) in [5.74, 6) is 1.34. The zero-order valence-corrected chi connectivity index (χ0v) is 17.5. The van der Waals surface area contributed by atoms with Gasteiger partial charge in [0.05, 0.1) is 29.3 Å². The molecule has 9 heteroatoms. The molecule has 1 fully saturated rings. The third-order valence-corrected chi connectivity index (χ3v) is 7.19. The van der Waals surface area contributed by atoms with Crippen LogP contribution in [-0.4, -0.2) is 50.3 Å². The Balaban J connectivity index is 1.22. The summed E-state index contributed by atoms with van der Waals surface area (Å²) in [7, 11) is 0. The van der Waals surface area contributed by atoms with Crippen molar-refractivity contribution in [1.29, 1.82) is 0 Å². The first-order valence-corrected chi connectivity index (χ1v) is 11.2. The Kier molecular flexibility index (Phi) is 4.66. The van der Waals surface area contributed by atoms with Crippen LogP contribution in [0, 0.1) is 0 Å². The number of hydrogen-bond acceptors (Lipinski definition) is 6. The maximum atomic E-state index is 12.8. The highest BCUT2D eigenvalue weighted by Crippen LogP contribution is 2.34. The number of nitrogens with zero attached hydrogens (tertiary/aromatic N) is 4. The summed E-state index contributed by atoms with van der Waals surface area (Å²) >= 11 is 5.00. The predicted octanol–water partition coefficient (Wildman–Crippen LogP) is 2.22. The van der Waals surface area contributed by atoms with E-state index in [4.69, 9.17) is 4.74 Å². The van der Waals surface area contributed by atoms with Crippen LogP contribution in [0.2, 0.25) is 0 Å². The molecular formula is C19H19BrN4O3S. The lowest BCUT2D eigenvalue weighted by Gasteiger charge is -2.39. The zero-order chi connectivity index (χ0) is 19.3. The van der Waals surface area contributed by atoms with Crippen LogP contribution in [0.3, 0.4) is 0 Å². The van der Waals surface area contributed by atoms with Gasteiger partial charge in [-0.25, -0.2) is 9.97 Å².